The summed E-state index contributed by atoms with van der Waals surface area (Å²) in [5.41, 5.74) is 0.905. The number of hydrogen-bond acceptors (Lipinski definition) is 3. The molecule has 1 aromatic rings. The second-order valence-electron chi connectivity index (χ2n) is 6.22. The molecule has 1 fully saturated rings. The molecule has 0 aromatic carbocycles. The molecule has 1 saturated heterocycles. The summed E-state index contributed by atoms with van der Waals surface area (Å²) in [6.07, 6.45) is 4.40. The van der Waals surface area contributed by atoms with Gasteiger partial charge in [-0.15, -0.1) is 0 Å². The third-order valence-electron chi connectivity index (χ3n) is 4.18. The first-order chi connectivity index (χ1) is 9.86. The van der Waals surface area contributed by atoms with Crippen LogP contribution in [0.25, 0.3) is 0 Å². The smallest absolute Gasteiger partial charge is 0.245 e. The van der Waals surface area contributed by atoms with Crippen LogP contribution in [0.3, 0.4) is 0 Å². The molecule has 1 aliphatic rings. The number of sulfonamides is 1. The van der Waals surface area contributed by atoms with Crippen molar-refractivity contribution < 1.29 is 8.42 Å². The summed E-state index contributed by atoms with van der Waals surface area (Å²) in [5.74, 6) is 0. The van der Waals surface area contributed by atoms with E-state index >= 15 is 0 Å². The molecule has 2 rings (SSSR count). The quantitative estimate of drug-likeness (QED) is 0.848. The number of aromatic amines is 1. The van der Waals surface area contributed by atoms with Crippen LogP contribution in [0.5, 0.6) is 0 Å². The van der Waals surface area contributed by atoms with Gasteiger partial charge in [0.1, 0.15) is 0 Å². The number of aromatic nitrogens is 1. The van der Waals surface area contributed by atoms with Crippen LogP contribution in [0.2, 0.25) is 0 Å². The Morgan fingerprint density at radius 1 is 1.43 bits per heavy atom. The maximum Gasteiger partial charge on any atom is 0.245 e. The zero-order chi connectivity index (χ0) is 15.6. The maximum atomic E-state index is 12.9. The van der Waals surface area contributed by atoms with Crippen LogP contribution < -0.4 is 5.32 Å². The summed E-state index contributed by atoms with van der Waals surface area (Å²) < 4.78 is 27.4. The van der Waals surface area contributed by atoms with E-state index in [0.717, 1.165) is 25.0 Å². The lowest BCUT2D eigenvalue weighted by atomic mass is 10.2. The standard InChI is InChI=1S/C15H27N3O2S/c1-5-14-7-6-12(4)18(14)21(19,20)15-8-13(17-10-15)9-16-11(2)3/h8,10-12,14,16-17H,5-7,9H2,1-4H3. The number of rotatable bonds is 6. The van der Waals surface area contributed by atoms with Crippen molar-refractivity contribution in [2.75, 3.05) is 0 Å². The van der Waals surface area contributed by atoms with Crippen LogP contribution in [0.1, 0.15) is 52.7 Å². The van der Waals surface area contributed by atoms with E-state index in [2.05, 4.69) is 31.1 Å². The van der Waals surface area contributed by atoms with Crippen molar-refractivity contribution in [3.05, 3.63) is 18.0 Å². The van der Waals surface area contributed by atoms with E-state index in [1.165, 1.54) is 0 Å². The van der Waals surface area contributed by atoms with Crippen LogP contribution in [-0.4, -0.2) is 35.8 Å². The molecule has 2 unspecified atom stereocenters. The number of H-pyrrole nitrogens is 1. The highest BCUT2D eigenvalue weighted by Gasteiger charge is 2.39. The number of nitrogens with zero attached hydrogens (tertiary/aromatic N) is 1. The molecule has 5 nitrogen and oxygen atoms in total. The van der Waals surface area contributed by atoms with E-state index in [9.17, 15) is 8.42 Å². The van der Waals surface area contributed by atoms with Crippen LogP contribution >= 0.6 is 0 Å². The Balaban J connectivity index is 2.19. The van der Waals surface area contributed by atoms with Gasteiger partial charge < -0.3 is 10.3 Å². The molecule has 0 spiro atoms. The molecule has 6 heteroatoms. The average molecular weight is 313 g/mol. The Kier molecular flexibility index (Phi) is 5.11. The molecule has 2 atom stereocenters. The third-order valence-corrected chi connectivity index (χ3v) is 6.22. The summed E-state index contributed by atoms with van der Waals surface area (Å²) in [7, 11) is -3.39. The number of hydrogen-bond donors (Lipinski definition) is 2. The summed E-state index contributed by atoms with van der Waals surface area (Å²) in [4.78, 5) is 3.45. The fourth-order valence-electron chi connectivity index (χ4n) is 2.97. The molecule has 1 aliphatic heterocycles. The fourth-order valence-corrected chi connectivity index (χ4v) is 4.94. The molecule has 2 N–H and O–H groups in total. The summed E-state index contributed by atoms with van der Waals surface area (Å²) in [6.45, 7) is 8.85. The van der Waals surface area contributed by atoms with Crippen molar-refractivity contribution in [3.8, 4) is 0 Å². The molecule has 21 heavy (non-hydrogen) atoms. The third kappa shape index (κ3) is 3.49. The Hall–Kier alpha value is -0.850. The van der Waals surface area contributed by atoms with Crippen molar-refractivity contribution >= 4 is 10.0 Å². The SMILES string of the molecule is CCC1CCC(C)N1S(=O)(=O)c1c[nH]c(CNC(C)C)c1. The van der Waals surface area contributed by atoms with E-state index in [-0.39, 0.29) is 12.1 Å². The lowest BCUT2D eigenvalue weighted by molar-refractivity contribution is 0.329. The lowest BCUT2D eigenvalue weighted by Crippen LogP contribution is -2.39. The van der Waals surface area contributed by atoms with Gasteiger partial charge in [0.2, 0.25) is 10.0 Å². The minimum absolute atomic E-state index is 0.0899. The molecular formula is C15H27N3O2S. The first-order valence-electron chi connectivity index (χ1n) is 7.80. The number of nitrogens with one attached hydrogen (secondary N) is 2. The maximum absolute atomic E-state index is 12.9. The van der Waals surface area contributed by atoms with Gasteiger partial charge in [0, 0.05) is 36.6 Å². The summed E-state index contributed by atoms with van der Waals surface area (Å²) >= 11 is 0. The Morgan fingerprint density at radius 2 is 2.14 bits per heavy atom. The van der Waals surface area contributed by atoms with E-state index in [4.69, 9.17) is 0 Å². The van der Waals surface area contributed by atoms with E-state index in [1.54, 1.807) is 16.6 Å². The molecule has 0 aliphatic carbocycles. The second-order valence-corrected chi connectivity index (χ2v) is 8.06. The topological polar surface area (TPSA) is 65.2 Å². The summed E-state index contributed by atoms with van der Waals surface area (Å²) in [5, 5.41) is 3.29. The monoisotopic (exact) mass is 313 g/mol. The van der Waals surface area contributed by atoms with Gasteiger partial charge in [-0.2, -0.15) is 4.31 Å². The van der Waals surface area contributed by atoms with E-state index < -0.39 is 10.0 Å². The Bertz CT molecular complexity index is 565. The molecule has 0 radical (unpaired) electrons. The predicted molar refractivity (Wildman–Crippen MR) is 84.6 cm³/mol. The van der Waals surface area contributed by atoms with Crippen molar-refractivity contribution in [2.24, 2.45) is 0 Å². The van der Waals surface area contributed by atoms with Crippen molar-refractivity contribution in [3.63, 3.8) is 0 Å². The van der Waals surface area contributed by atoms with Crippen LogP contribution in [-0.2, 0) is 16.6 Å². The largest absolute Gasteiger partial charge is 0.363 e. The van der Waals surface area contributed by atoms with Gasteiger partial charge in [-0.3, -0.25) is 0 Å². The van der Waals surface area contributed by atoms with Gasteiger partial charge in [-0.1, -0.05) is 20.8 Å². The van der Waals surface area contributed by atoms with Gasteiger partial charge in [-0.25, -0.2) is 8.42 Å². The predicted octanol–water partition coefficient (Wildman–Crippen LogP) is 2.46. The first-order valence-corrected chi connectivity index (χ1v) is 9.24. The van der Waals surface area contributed by atoms with Crippen molar-refractivity contribution in [1.82, 2.24) is 14.6 Å². The Morgan fingerprint density at radius 3 is 2.76 bits per heavy atom. The van der Waals surface area contributed by atoms with Gasteiger partial charge in [0.15, 0.2) is 0 Å². The molecule has 1 aromatic heterocycles. The fraction of sp³-hybridized carbons (Fsp3) is 0.733. The van der Waals surface area contributed by atoms with Crippen LogP contribution in [0.4, 0.5) is 0 Å². The van der Waals surface area contributed by atoms with Gasteiger partial charge in [0.25, 0.3) is 0 Å². The molecule has 2 heterocycles. The first kappa shape index (κ1) is 16.5. The minimum atomic E-state index is -3.39. The average Bonchev–Trinajstić information content (AvgIpc) is 3.03. The zero-order valence-electron chi connectivity index (χ0n) is 13.4. The van der Waals surface area contributed by atoms with Crippen molar-refractivity contribution in [2.45, 2.75) is 76.5 Å². The van der Waals surface area contributed by atoms with Gasteiger partial charge in [-0.05, 0) is 32.3 Å². The summed E-state index contributed by atoms with van der Waals surface area (Å²) in [6, 6.07) is 2.35. The highest BCUT2D eigenvalue weighted by molar-refractivity contribution is 7.89. The van der Waals surface area contributed by atoms with Crippen LogP contribution in [0, 0.1) is 0 Å². The Labute approximate surface area is 128 Å². The highest BCUT2D eigenvalue weighted by atomic mass is 32.2. The van der Waals surface area contributed by atoms with Crippen molar-refractivity contribution in [1.29, 1.82) is 0 Å². The van der Waals surface area contributed by atoms with Gasteiger partial charge in [0.05, 0.1) is 4.90 Å². The highest BCUT2D eigenvalue weighted by Crippen LogP contribution is 2.32. The van der Waals surface area contributed by atoms with E-state index in [0.29, 0.717) is 17.5 Å². The van der Waals surface area contributed by atoms with Gasteiger partial charge >= 0.3 is 0 Å². The normalized spacial score (nSPS) is 24.0. The lowest BCUT2D eigenvalue weighted by Gasteiger charge is -2.26. The van der Waals surface area contributed by atoms with Crippen LogP contribution in [0.15, 0.2) is 17.2 Å². The molecule has 0 saturated carbocycles. The minimum Gasteiger partial charge on any atom is -0.363 e. The molecule has 0 amide bonds. The molecule has 0 bridgehead atoms. The zero-order valence-corrected chi connectivity index (χ0v) is 14.2. The molecular weight excluding hydrogens is 286 g/mol. The molecule has 120 valence electrons. The second kappa shape index (κ2) is 6.50. The van der Waals surface area contributed by atoms with E-state index in [1.807, 2.05) is 6.92 Å².